The molecular weight excluding hydrogens is 220 g/mol. The highest BCUT2D eigenvalue weighted by Gasteiger charge is 2.01. The van der Waals surface area contributed by atoms with Gasteiger partial charge in [0.1, 0.15) is 0 Å². The van der Waals surface area contributed by atoms with Crippen LogP contribution >= 0.6 is 11.3 Å². The molecule has 90 valence electrons. The number of hydrogen-bond acceptors (Lipinski definition) is 3. The van der Waals surface area contributed by atoms with E-state index in [4.69, 9.17) is 5.73 Å². The third-order valence-corrected chi connectivity index (χ3v) is 3.16. The van der Waals surface area contributed by atoms with Crippen LogP contribution in [0.15, 0.2) is 16.8 Å². The second-order valence-electron chi connectivity index (χ2n) is 3.86. The summed E-state index contributed by atoms with van der Waals surface area (Å²) < 4.78 is 0. The van der Waals surface area contributed by atoms with Crippen molar-refractivity contribution in [2.45, 2.75) is 38.6 Å². The van der Waals surface area contributed by atoms with Crippen LogP contribution in [0.5, 0.6) is 0 Å². The van der Waals surface area contributed by atoms with Crippen molar-refractivity contribution in [2.75, 3.05) is 6.54 Å². The fourth-order valence-electron chi connectivity index (χ4n) is 1.47. The molecule has 0 saturated carbocycles. The Morgan fingerprint density at radius 3 is 2.81 bits per heavy atom. The van der Waals surface area contributed by atoms with Crippen LogP contribution in [-0.2, 0) is 11.3 Å². The second kappa shape index (κ2) is 8.30. The van der Waals surface area contributed by atoms with Crippen molar-refractivity contribution in [2.24, 2.45) is 5.73 Å². The molecule has 0 unspecified atom stereocenters. The van der Waals surface area contributed by atoms with Gasteiger partial charge in [-0.25, -0.2) is 0 Å². The Hall–Kier alpha value is -0.870. The van der Waals surface area contributed by atoms with Gasteiger partial charge in [0.15, 0.2) is 0 Å². The van der Waals surface area contributed by atoms with Gasteiger partial charge in [-0.15, -0.1) is 0 Å². The van der Waals surface area contributed by atoms with Crippen LogP contribution in [0.25, 0.3) is 0 Å². The molecule has 1 heterocycles. The predicted molar refractivity (Wildman–Crippen MR) is 68.3 cm³/mol. The molecule has 16 heavy (non-hydrogen) atoms. The molecule has 0 aliphatic rings. The van der Waals surface area contributed by atoms with Crippen LogP contribution in [0.2, 0.25) is 0 Å². The lowest BCUT2D eigenvalue weighted by atomic mass is 10.1. The molecule has 1 rings (SSSR count). The van der Waals surface area contributed by atoms with Gasteiger partial charge in [-0.05, 0) is 41.8 Å². The quantitative estimate of drug-likeness (QED) is 0.685. The second-order valence-corrected chi connectivity index (χ2v) is 4.64. The summed E-state index contributed by atoms with van der Waals surface area (Å²) >= 11 is 1.66. The first-order valence-corrected chi connectivity index (χ1v) is 6.75. The molecule has 0 aliphatic heterocycles. The Morgan fingerprint density at radius 2 is 2.12 bits per heavy atom. The monoisotopic (exact) mass is 240 g/mol. The molecule has 0 aliphatic carbocycles. The SMILES string of the molecule is NCCCCCCC(=O)NCc1ccsc1. The van der Waals surface area contributed by atoms with E-state index in [0.29, 0.717) is 13.0 Å². The van der Waals surface area contributed by atoms with E-state index in [-0.39, 0.29) is 5.91 Å². The highest BCUT2D eigenvalue weighted by molar-refractivity contribution is 7.07. The van der Waals surface area contributed by atoms with E-state index < -0.39 is 0 Å². The van der Waals surface area contributed by atoms with Crippen molar-refractivity contribution >= 4 is 17.2 Å². The number of unbranched alkanes of at least 4 members (excludes halogenated alkanes) is 3. The van der Waals surface area contributed by atoms with E-state index >= 15 is 0 Å². The van der Waals surface area contributed by atoms with E-state index in [0.717, 1.165) is 32.2 Å². The van der Waals surface area contributed by atoms with E-state index in [2.05, 4.69) is 10.7 Å². The van der Waals surface area contributed by atoms with Gasteiger partial charge in [0.05, 0.1) is 0 Å². The molecular formula is C12H20N2OS. The minimum atomic E-state index is 0.152. The predicted octanol–water partition coefficient (Wildman–Crippen LogP) is 2.27. The highest BCUT2D eigenvalue weighted by Crippen LogP contribution is 2.06. The summed E-state index contributed by atoms with van der Waals surface area (Å²) in [6.45, 7) is 1.41. The van der Waals surface area contributed by atoms with Gasteiger partial charge in [0, 0.05) is 13.0 Å². The molecule has 0 spiro atoms. The van der Waals surface area contributed by atoms with Crippen molar-refractivity contribution in [3.8, 4) is 0 Å². The summed E-state index contributed by atoms with van der Waals surface area (Å²) in [6, 6.07) is 2.03. The maximum absolute atomic E-state index is 11.4. The number of thiophene rings is 1. The normalized spacial score (nSPS) is 10.3. The molecule has 0 aromatic carbocycles. The fraction of sp³-hybridized carbons (Fsp3) is 0.583. The van der Waals surface area contributed by atoms with Gasteiger partial charge in [-0.3, -0.25) is 4.79 Å². The molecule has 0 radical (unpaired) electrons. The third-order valence-electron chi connectivity index (χ3n) is 2.43. The minimum Gasteiger partial charge on any atom is -0.352 e. The van der Waals surface area contributed by atoms with Crippen LogP contribution in [-0.4, -0.2) is 12.5 Å². The first-order valence-electron chi connectivity index (χ1n) is 5.81. The number of nitrogens with one attached hydrogen (secondary N) is 1. The number of amides is 1. The number of hydrogen-bond donors (Lipinski definition) is 2. The fourth-order valence-corrected chi connectivity index (χ4v) is 2.13. The first kappa shape index (κ1) is 13.2. The summed E-state index contributed by atoms with van der Waals surface area (Å²) in [5.41, 5.74) is 6.58. The van der Waals surface area contributed by atoms with Crippen molar-refractivity contribution in [3.63, 3.8) is 0 Å². The Labute approximate surface area is 101 Å². The van der Waals surface area contributed by atoms with Crippen LogP contribution in [0.1, 0.15) is 37.7 Å². The van der Waals surface area contributed by atoms with Gasteiger partial charge in [0.2, 0.25) is 5.91 Å². The first-order chi connectivity index (χ1) is 7.83. The van der Waals surface area contributed by atoms with E-state index in [1.54, 1.807) is 11.3 Å². The van der Waals surface area contributed by atoms with Gasteiger partial charge in [-0.2, -0.15) is 11.3 Å². The summed E-state index contributed by atoms with van der Waals surface area (Å²) in [5.74, 6) is 0.152. The molecule has 1 aromatic rings. The summed E-state index contributed by atoms with van der Waals surface area (Å²) in [7, 11) is 0. The van der Waals surface area contributed by atoms with Crippen molar-refractivity contribution in [3.05, 3.63) is 22.4 Å². The molecule has 3 N–H and O–H groups in total. The van der Waals surface area contributed by atoms with Gasteiger partial charge >= 0.3 is 0 Å². The average molecular weight is 240 g/mol. The standard InChI is InChI=1S/C12H20N2OS/c13-7-4-2-1-3-5-12(15)14-9-11-6-8-16-10-11/h6,8,10H,1-5,7,9,13H2,(H,14,15). The van der Waals surface area contributed by atoms with Gasteiger partial charge in [-0.1, -0.05) is 12.8 Å². The maximum Gasteiger partial charge on any atom is 0.220 e. The van der Waals surface area contributed by atoms with E-state index in [1.165, 1.54) is 5.56 Å². The smallest absolute Gasteiger partial charge is 0.220 e. The Morgan fingerprint density at radius 1 is 1.31 bits per heavy atom. The molecule has 0 fully saturated rings. The number of nitrogens with two attached hydrogens (primary N) is 1. The lowest BCUT2D eigenvalue weighted by Crippen LogP contribution is -2.21. The lowest BCUT2D eigenvalue weighted by molar-refractivity contribution is -0.121. The van der Waals surface area contributed by atoms with Crippen molar-refractivity contribution in [1.29, 1.82) is 0 Å². The zero-order valence-electron chi connectivity index (χ0n) is 9.58. The molecule has 0 saturated heterocycles. The number of rotatable bonds is 8. The minimum absolute atomic E-state index is 0.152. The Balaban J connectivity index is 1.99. The van der Waals surface area contributed by atoms with E-state index in [9.17, 15) is 4.79 Å². The molecule has 1 aromatic heterocycles. The largest absolute Gasteiger partial charge is 0.352 e. The van der Waals surface area contributed by atoms with Crippen molar-refractivity contribution in [1.82, 2.24) is 5.32 Å². The zero-order valence-corrected chi connectivity index (χ0v) is 10.4. The van der Waals surface area contributed by atoms with Gasteiger partial charge in [0.25, 0.3) is 0 Å². The Kier molecular flexibility index (Phi) is 6.85. The third kappa shape index (κ3) is 5.88. The van der Waals surface area contributed by atoms with Crippen LogP contribution in [0.3, 0.4) is 0 Å². The van der Waals surface area contributed by atoms with E-state index in [1.807, 2.05) is 11.4 Å². The van der Waals surface area contributed by atoms with Crippen LogP contribution < -0.4 is 11.1 Å². The topological polar surface area (TPSA) is 55.1 Å². The summed E-state index contributed by atoms with van der Waals surface area (Å²) in [4.78, 5) is 11.4. The van der Waals surface area contributed by atoms with Crippen molar-refractivity contribution < 1.29 is 4.79 Å². The summed E-state index contributed by atoms with van der Waals surface area (Å²) in [5, 5.41) is 7.00. The average Bonchev–Trinajstić information content (AvgIpc) is 2.79. The summed E-state index contributed by atoms with van der Waals surface area (Å²) in [6.07, 6.45) is 4.90. The molecule has 0 bridgehead atoms. The molecule has 3 nitrogen and oxygen atoms in total. The number of carbonyl (C=O) groups excluding carboxylic acids is 1. The molecule has 4 heteroatoms. The number of carbonyl (C=O) groups is 1. The Bertz CT molecular complexity index is 285. The maximum atomic E-state index is 11.4. The highest BCUT2D eigenvalue weighted by atomic mass is 32.1. The lowest BCUT2D eigenvalue weighted by Gasteiger charge is -2.03. The van der Waals surface area contributed by atoms with Gasteiger partial charge < -0.3 is 11.1 Å². The molecule has 0 atom stereocenters. The molecule has 1 amide bonds. The van der Waals surface area contributed by atoms with Crippen LogP contribution in [0.4, 0.5) is 0 Å². The zero-order chi connectivity index (χ0) is 11.6. The van der Waals surface area contributed by atoms with Crippen LogP contribution in [0, 0.1) is 0 Å².